The van der Waals surface area contributed by atoms with Crippen molar-refractivity contribution in [2.75, 3.05) is 6.54 Å². The molecule has 2 amide bonds. The summed E-state index contributed by atoms with van der Waals surface area (Å²) in [6.45, 7) is 3.79. The first-order valence-corrected chi connectivity index (χ1v) is 16.3. The second-order valence-corrected chi connectivity index (χ2v) is 12.7. The quantitative estimate of drug-likeness (QED) is 0.0712. The fourth-order valence-corrected chi connectivity index (χ4v) is 6.01. The summed E-state index contributed by atoms with van der Waals surface area (Å²) >= 11 is 3.52. The van der Waals surface area contributed by atoms with Crippen LogP contribution in [0.15, 0.2) is 58.0 Å². The predicted molar refractivity (Wildman–Crippen MR) is 180 cm³/mol. The van der Waals surface area contributed by atoms with Crippen molar-refractivity contribution in [1.82, 2.24) is 10.6 Å². The number of ether oxygens (including phenoxy) is 1. The van der Waals surface area contributed by atoms with Gasteiger partial charge in [-0.15, -0.1) is 0 Å². The van der Waals surface area contributed by atoms with Gasteiger partial charge in [0, 0.05) is 16.6 Å². The van der Waals surface area contributed by atoms with Crippen LogP contribution in [0.25, 0.3) is 0 Å². The highest BCUT2D eigenvalue weighted by Crippen LogP contribution is 2.29. The third-order valence-corrected chi connectivity index (χ3v) is 8.37. The van der Waals surface area contributed by atoms with Gasteiger partial charge in [-0.2, -0.15) is 0 Å². The molecule has 244 valence electrons. The van der Waals surface area contributed by atoms with E-state index < -0.39 is 29.9 Å². The summed E-state index contributed by atoms with van der Waals surface area (Å²) in [6.07, 6.45) is 5.30. The molecule has 0 saturated heterocycles. The molecule has 1 aliphatic rings. The molecule has 2 aromatic carbocycles. The Hall–Kier alpha value is -3.93. The van der Waals surface area contributed by atoms with E-state index in [1.165, 1.54) is 0 Å². The topological polar surface area (TPSA) is 199 Å². The van der Waals surface area contributed by atoms with Crippen LogP contribution < -0.4 is 27.8 Å². The van der Waals surface area contributed by atoms with E-state index in [1.54, 1.807) is 26.0 Å². The van der Waals surface area contributed by atoms with Gasteiger partial charge in [0.05, 0.1) is 12.0 Å². The van der Waals surface area contributed by atoms with Crippen molar-refractivity contribution in [2.45, 2.75) is 89.3 Å². The molecule has 0 heterocycles. The summed E-state index contributed by atoms with van der Waals surface area (Å²) in [4.78, 5) is 45.1. The molecule has 11 nitrogen and oxygen atoms in total. The fourth-order valence-electron chi connectivity index (χ4n) is 5.59. The molecule has 3 rings (SSSR count). The van der Waals surface area contributed by atoms with Crippen LogP contribution in [0.1, 0.15) is 81.4 Å². The first-order valence-electron chi connectivity index (χ1n) is 15.5. The predicted octanol–water partition coefficient (Wildman–Crippen LogP) is 3.61. The molecular weight excluding hydrogens is 638 g/mol. The Kier molecular flexibility index (Phi) is 13.8. The number of nitrogen functional groups attached to an aromatic ring is 1. The van der Waals surface area contributed by atoms with Gasteiger partial charge in [-0.1, -0.05) is 71.6 Å². The molecule has 0 radical (unpaired) electrons. The molecule has 2 aromatic rings. The van der Waals surface area contributed by atoms with E-state index in [0.29, 0.717) is 24.9 Å². The van der Waals surface area contributed by atoms with Crippen LogP contribution in [0.2, 0.25) is 0 Å². The van der Waals surface area contributed by atoms with Crippen molar-refractivity contribution >= 4 is 45.5 Å². The number of rotatable bonds is 15. The van der Waals surface area contributed by atoms with E-state index in [0.717, 1.165) is 47.7 Å². The number of carbonyl (C=O) groups excluding carboxylic acids is 3. The zero-order valence-corrected chi connectivity index (χ0v) is 27.6. The molecule has 1 aliphatic carbocycles. The molecule has 3 atom stereocenters. The van der Waals surface area contributed by atoms with Gasteiger partial charge in [-0.3, -0.25) is 20.0 Å². The van der Waals surface area contributed by atoms with E-state index in [2.05, 4.69) is 31.6 Å². The SMILES string of the molecule is CC(C)OC(=O)[C@H](CCCN=C(N)N)NC(=O)[C@@H](NC(=O)C(Cc1ccc(C(=N)N)cc1)c1cccc(Br)c1)C1CCCCC1. The van der Waals surface area contributed by atoms with Gasteiger partial charge >= 0.3 is 5.97 Å². The van der Waals surface area contributed by atoms with Crippen LogP contribution in [0.3, 0.4) is 0 Å². The number of amidine groups is 1. The molecule has 0 aromatic heterocycles. The number of nitrogens with zero attached hydrogens (tertiary/aromatic N) is 1. The molecule has 0 bridgehead atoms. The summed E-state index contributed by atoms with van der Waals surface area (Å²) in [5, 5.41) is 13.7. The highest BCUT2D eigenvalue weighted by atomic mass is 79.9. The number of halogens is 1. The third kappa shape index (κ3) is 11.5. The van der Waals surface area contributed by atoms with E-state index in [4.69, 9.17) is 27.3 Å². The lowest BCUT2D eigenvalue weighted by molar-refractivity contribution is -0.152. The van der Waals surface area contributed by atoms with Crippen LogP contribution in [0, 0.1) is 11.3 Å². The average molecular weight is 685 g/mol. The first kappa shape index (κ1) is 35.5. The van der Waals surface area contributed by atoms with Gasteiger partial charge in [0.15, 0.2) is 5.96 Å². The number of nitrogens with two attached hydrogens (primary N) is 3. The molecule has 0 spiro atoms. The normalized spacial score (nSPS) is 15.4. The van der Waals surface area contributed by atoms with Crippen molar-refractivity contribution in [3.63, 3.8) is 0 Å². The van der Waals surface area contributed by atoms with Crippen LogP contribution >= 0.6 is 15.9 Å². The Labute approximate surface area is 273 Å². The van der Waals surface area contributed by atoms with Gasteiger partial charge in [-0.25, -0.2) is 4.79 Å². The standard InChI is InChI=1S/C33H46BrN7O4/c1-20(2)45-32(44)27(12-7-17-39-33(37)38)40-31(43)28(22-8-4-3-5-9-22)41-30(42)26(24-10-6-11-25(34)19-24)18-21-13-15-23(16-14-21)29(35)36/h6,10-11,13-16,19-20,22,26-28H,3-5,7-9,12,17-18H2,1-2H3,(H3,35,36)(H,40,43)(H,41,42)(H4,37,38,39)/t26?,27-,28-/m0/s1. The van der Waals surface area contributed by atoms with Crippen LogP contribution in [0.4, 0.5) is 0 Å². The summed E-state index contributed by atoms with van der Waals surface area (Å²) in [5.41, 5.74) is 18.8. The Morgan fingerprint density at radius 2 is 1.69 bits per heavy atom. The summed E-state index contributed by atoms with van der Waals surface area (Å²) in [5.74, 6) is -2.01. The van der Waals surface area contributed by atoms with Gasteiger partial charge < -0.3 is 32.6 Å². The zero-order chi connectivity index (χ0) is 32.9. The Morgan fingerprint density at radius 3 is 2.29 bits per heavy atom. The molecule has 1 fully saturated rings. The molecular formula is C33H46BrN7O4. The maximum Gasteiger partial charge on any atom is 0.328 e. The van der Waals surface area contributed by atoms with E-state index in [1.807, 2.05) is 36.4 Å². The minimum absolute atomic E-state index is 0.0315. The minimum Gasteiger partial charge on any atom is -0.461 e. The van der Waals surface area contributed by atoms with Crippen molar-refractivity contribution in [3.8, 4) is 0 Å². The van der Waals surface area contributed by atoms with Gasteiger partial charge in [0.1, 0.15) is 17.9 Å². The van der Waals surface area contributed by atoms with Crippen LogP contribution in [-0.2, 0) is 25.5 Å². The number of nitrogens with one attached hydrogen (secondary N) is 3. The smallest absolute Gasteiger partial charge is 0.328 e. The van der Waals surface area contributed by atoms with Gasteiger partial charge in [0.25, 0.3) is 0 Å². The summed E-state index contributed by atoms with van der Waals surface area (Å²) in [6, 6.07) is 13.0. The summed E-state index contributed by atoms with van der Waals surface area (Å²) < 4.78 is 6.27. The second-order valence-electron chi connectivity index (χ2n) is 11.8. The number of benzene rings is 2. The molecule has 1 unspecified atom stereocenters. The molecule has 9 N–H and O–H groups in total. The molecule has 0 aliphatic heterocycles. The Balaban J connectivity index is 1.88. The fraction of sp³-hybridized carbons (Fsp3) is 0.485. The van der Waals surface area contributed by atoms with Crippen LogP contribution in [-0.4, -0.2) is 54.3 Å². The van der Waals surface area contributed by atoms with Crippen molar-refractivity contribution in [3.05, 3.63) is 69.7 Å². The average Bonchev–Trinajstić information content (AvgIpc) is 3.00. The lowest BCUT2D eigenvalue weighted by Crippen LogP contribution is -2.56. The minimum atomic E-state index is -0.919. The maximum absolute atomic E-state index is 14.1. The van der Waals surface area contributed by atoms with E-state index in [9.17, 15) is 14.4 Å². The molecule has 1 saturated carbocycles. The Bertz CT molecular complexity index is 1340. The number of guanidine groups is 1. The zero-order valence-electron chi connectivity index (χ0n) is 26.1. The number of esters is 1. The molecule has 12 heteroatoms. The highest BCUT2D eigenvalue weighted by molar-refractivity contribution is 9.10. The van der Waals surface area contributed by atoms with Crippen molar-refractivity contribution < 1.29 is 19.1 Å². The first-order chi connectivity index (χ1) is 21.4. The lowest BCUT2D eigenvalue weighted by Gasteiger charge is -2.32. The number of aliphatic imine (C=N–C) groups is 1. The second kappa shape index (κ2) is 17.5. The van der Waals surface area contributed by atoms with E-state index >= 15 is 0 Å². The van der Waals surface area contributed by atoms with Crippen LogP contribution in [0.5, 0.6) is 0 Å². The molecule has 45 heavy (non-hydrogen) atoms. The van der Waals surface area contributed by atoms with Gasteiger partial charge in [-0.05, 0) is 75.1 Å². The maximum atomic E-state index is 14.1. The van der Waals surface area contributed by atoms with Crippen molar-refractivity contribution in [1.29, 1.82) is 5.41 Å². The largest absolute Gasteiger partial charge is 0.461 e. The number of hydrogen-bond donors (Lipinski definition) is 6. The van der Waals surface area contributed by atoms with Gasteiger partial charge in [0.2, 0.25) is 11.8 Å². The summed E-state index contributed by atoms with van der Waals surface area (Å²) in [7, 11) is 0. The van der Waals surface area contributed by atoms with E-state index in [-0.39, 0.29) is 36.1 Å². The lowest BCUT2D eigenvalue weighted by atomic mass is 9.82. The number of carbonyl (C=O) groups is 3. The highest BCUT2D eigenvalue weighted by Gasteiger charge is 2.35. The third-order valence-electron chi connectivity index (χ3n) is 7.87. The number of amides is 2. The number of hydrogen-bond acceptors (Lipinski definition) is 6. The van der Waals surface area contributed by atoms with Crippen molar-refractivity contribution in [2.24, 2.45) is 28.1 Å². The monoisotopic (exact) mass is 683 g/mol. The Morgan fingerprint density at radius 1 is 1.00 bits per heavy atom.